The first-order chi connectivity index (χ1) is 17.3. The molecule has 16 N–H and O–H groups in total. The number of aliphatic imine (C=N–C) groups is 1. The van der Waals surface area contributed by atoms with Crippen LogP contribution in [0.4, 0.5) is 0 Å². The topological polar surface area (TPSA) is 327 Å². The van der Waals surface area contributed by atoms with Crippen molar-refractivity contribution in [3.05, 3.63) is 0 Å². The number of unbranched alkanes of at least 4 members (excludes halogenated alkanes) is 1. The van der Waals surface area contributed by atoms with Crippen LogP contribution in [0.25, 0.3) is 0 Å². The number of nitrogens with zero attached hydrogens (tertiary/aromatic N) is 1. The second-order valence-corrected chi connectivity index (χ2v) is 8.20. The van der Waals surface area contributed by atoms with E-state index in [0.717, 1.165) is 0 Å². The number of nitrogens with two attached hydrogens (primary N) is 6. The minimum Gasteiger partial charge on any atom is -0.480 e. The number of carboxylic acid groups (broad SMARTS) is 1. The number of primary amides is 2. The summed E-state index contributed by atoms with van der Waals surface area (Å²) in [6.07, 6.45) is 0.226. The lowest BCUT2D eigenvalue weighted by atomic mass is 10.1. The Labute approximate surface area is 213 Å². The number of amides is 5. The summed E-state index contributed by atoms with van der Waals surface area (Å²) in [6, 6.07) is -5.55. The van der Waals surface area contributed by atoms with Gasteiger partial charge < -0.3 is 55.5 Å². The average Bonchev–Trinajstić information content (AvgIpc) is 2.78. The van der Waals surface area contributed by atoms with Crippen LogP contribution in [0.2, 0.25) is 0 Å². The highest BCUT2D eigenvalue weighted by molar-refractivity contribution is 5.97. The maximum atomic E-state index is 12.8. The average molecular weight is 531 g/mol. The van der Waals surface area contributed by atoms with Gasteiger partial charge in [0.05, 0.1) is 18.9 Å². The Hall–Kier alpha value is -3.99. The molecule has 0 saturated carbocycles. The molecule has 0 spiro atoms. The van der Waals surface area contributed by atoms with Gasteiger partial charge in [-0.3, -0.25) is 29.0 Å². The summed E-state index contributed by atoms with van der Waals surface area (Å²) in [4.78, 5) is 76.1. The van der Waals surface area contributed by atoms with Gasteiger partial charge in [-0.15, -0.1) is 0 Å². The Morgan fingerprint density at radius 2 is 1.19 bits per heavy atom. The van der Waals surface area contributed by atoms with Crippen molar-refractivity contribution in [3.8, 4) is 0 Å². The predicted molar refractivity (Wildman–Crippen MR) is 132 cm³/mol. The summed E-state index contributed by atoms with van der Waals surface area (Å²) in [6.45, 7) is 0.510. The zero-order valence-corrected chi connectivity index (χ0v) is 20.5. The van der Waals surface area contributed by atoms with Gasteiger partial charge in [-0.05, 0) is 32.2 Å². The summed E-state index contributed by atoms with van der Waals surface area (Å²) in [5.41, 5.74) is 31.9. The minimum atomic E-state index is -1.62. The molecule has 0 aromatic rings. The smallest absolute Gasteiger partial charge is 0.326 e. The molecular formula is C20H38N10O7. The Morgan fingerprint density at radius 1 is 0.703 bits per heavy atom. The summed E-state index contributed by atoms with van der Waals surface area (Å²) in [7, 11) is 0. The molecule has 0 radical (unpaired) electrons. The van der Waals surface area contributed by atoms with Gasteiger partial charge in [-0.2, -0.15) is 0 Å². The third-order valence-electron chi connectivity index (χ3n) is 4.94. The summed E-state index contributed by atoms with van der Waals surface area (Å²) in [5.74, 6) is -6.33. The maximum Gasteiger partial charge on any atom is 0.326 e. The van der Waals surface area contributed by atoms with Crippen LogP contribution in [-0.2, 0) is 28.8 Å². The molecule has 0 rings (SSSR count). The highest BCUT2D eigenvalue weighted by Gasteiger charge is 2.31. The lowest BCUT2D eigenvalue weighted by Crippen LogP contribution is -2.58. The third kappa shape index (κ3) is 14.9. The van der Waals surface area contributed by atoms with E-state index < -0.39 is 72.5 Å². The van der Waals surface area contributed by atoms with Gasteiger partial charge in [0.15, 0.2) is 5.96 Å². The van der Waals surface area contributed by atoms with E-state index in [1.54, 1.807) is 0 Å². The van der Waals surface area contributed by atoms with Crippen LogP contribution in [0.5, 0.6) is 0 Å². The van der Waals surface area contributed by atoms with Crippen LogP contribution >= 0.6 is 0 Å². The van der Waals surface area contributed by atoms with Gasteiger partial charge in [0.1, 0.15) is 18.1 Å². The Kier molecular flexibility index (Phi) is 15.6. The molecule has 0 aliphatic carbocycles. The summed E-state index contributed by atoms with van der Waals surface area (Å²) < 4.78 is 0. The molecule has 0 heterocycles. The standard InChI is InChI=1S/C20H38N10O7/c21-6-2-1-4-10(22)16(33)29-12(8-14(23)31)18(35)30-13(9-15(24)32)17(34)28-11(19(36)37)5-3-7-27-20(25)26/h10-13H,1-9,21-22H2,(H2,23,31)(H2,24,32)(H,28,34)(H,29,33)(H,30,35)(H,36,37)(H4,25,26,27). The molecule has 0 aliphatic heterocycles. The van der Waals surface area contributed by atoms with E-state index in [4.69, 9.17) is 34.4 Å². The van der Waals surface area contributed by atoms with Crippen LogP contribution in [0.1, 0.15) is 44.9 Å². The number of aliphatic carboxylic acids is 1. The fraction of sp³-hybridized carbons (Fsp3) is 0.650. The number of rotatable bonds is 19. The van der Waals surface area contributed by atoms with E-state index in [1.165, 1.54) is 0 Å². The van der Waals surface area contributed by atoms with Gasteiger partial charge in [-0.25, -0.2) is 4.79 Å². The van der Waals surface area contributed by atoms with Gasteiger partial charge in [-0.1, -0.05) is 6.42 Å². The highest BCUT2D eigenvalue weighted by Crippen LogP contribution is 2.04. The number of carbonyl (C=O) groups excluding carboxylic acids is 5. The normalized spacial score (nSPS) is 13.8. The second-order valence-electron chi connectivity index (χ2n) is 8.20. The van der Waals surface area contributed by atoms with E-state index in [0.29, 0.717) is 19.4 Å². The largest absolute Gasteiger partial charge is 0.480 e. The van der Waals surface area contributed by atoms with Crippen molar-refractivity contribution < 1.29 is 33.9 Å². The van der Waals surface area contributed by atoms with Gasteiger partial charge in [0.25, 0.3) is 0 Å². The quantitative estimate of drug-likeness (QED) is 0.0427. The molecule has 37 heavy (non-hydrogen) atoms. The van der Waals surface area contributed by atoms with Crippen molar-refractivity contribution in [3.63, 3.8) is 0 Å². The molecule has 17 heteroatoms. The van der Waals surface area contributed by atoms with Crippen LogP contribution < -0.4 is 50.4 Å². The van der Waals surface area contributed by atoms with Crippen LogP contribution in [-0.4, -0.2) is 83.8 Å². The first-order valence-electron chi connectivity index (χ1n) is 11.5. The van der Waals surface area contributed by atoms with E-state index in [2.05, 4.69) is 20.9 Å². The fourth-order valence-electron chi connectivity index (χ4n) is 3.04. The number of carboxylic acids is 1. The summed E-state index contributed by atoms with van der Waals surface area (Å²) in [5, 5.41) is 16.1. The lowest BCUT2D eigenvalue weighted by Gasteiger charge is -2.24. The van der Waals surface area contributed by atoms with E-state index in [1.807, 2.05) is 0 Å². The molecule has 0 aliphatic rings. The highest BCUT2D eigenvalue weighted by atomic mass is 16.4. The zero-order valence-electron chi connectivity index (χ0n) is 20.5. The third-order valence-corrected chi connectivity index (χ3v) is 4.94. The Bertz CT molecular complexity index is 847. The molecule has 0 fully saturated rings. The molecular weight excluding hydrogens is 492 g/mol. The van der Waals surface area contributed by atoms with Crippen molar-refractivity contribution in [1.29, 1.82) is 0 Å². The molecule has 210 valence electrons. The molecule has 4 atom stereocenters. The van der Waals surface area contributed by atoms with Crippen LogP contribution in [0.15, 0.2) is 4.99 Å². The molecule has 0 aromatic carbocycles. The molecule has 17 nitrogen and oxygen atoms in total. The fourth-order valence-corrected chi connectivity index (χ4v) is 3.04. The van der Waals surface area contributed by atoms with Gasteiger partial charge in [0.2, 0.25) is 29.5 Å². The van der Waals surface area contributed by atoms with Gasteiger partial charge in [0, 0.05) is 6.54 Å². The van der Waals surface area contributed by atoms with Crippen molar-refractivity contribution in [2.45, 2.75) is 69.1 Å². The maximum absolute atomic E-state index is 12.8. The first kappa shape index (κ1) is 33.0. The lowest BCUT2D eigenvalue weighted by molar-refractivity contribution is -0.142. The van der Waals surface area contributed by atoms with Gasteiger partial charge >= 0.3 is 5.97 Å². The number of hydrogen-bond acceptors (Lipinski definition) is 9. The SMILES string of the molecule is NCCCCC(N)C(=O)NC(CC(N)=O)C(=O)NC(CC(N)=O)C(=O)NC(CCCN=C(N)N)C(=O)O. The van der Waals surface area contributed by atoms with Crippen molar-refractivity contribution in [1.82, 2.24) is 16.0 Å². The zero-order chi connectivity index (χ0) is 28.5. The van der Waals surface area contributed by atoms with E-state index >= 15 is 0 Å². The number of guanidine groups is 1. The Morgan fingerprint density at radius 3 is 1.62 bits per heavy atom. The van der Waals surface area contributed by atoms with Crippen molar-refractivity contribution >= 4 is 41.5 Å². The minimum absolute atomic E-state index is 0.0719. The van der Waals surface area contributed by atoms with Crippen molar-refractivity contribution in [2.75, 3.05) is 13.1 Å². The molecule has 0 bridgehead atoms. The monoisotopic (exact) mass is 530 g/mol. The molecule has 0 aromatic heterocycles. The summed E-state index contributed by atoms with van der Waals surface area (Å²) >= 11 is 0. The van der Waals surface area contributed by atoms with Crippen LogP contribution in [0, 0.1) is 0 Å². The second kappa shape index (κ2) is 17.4. The van der Waals surface area contributed by atoms with Crippen molar-refractivity contribution in [2.24, 2.45) is 39.4 Å². The Balaban J connectivity index is 5.45. The number of hydrogen-bond donors (Lipinski definition) is 10. The predicted octanol–water partition coefficient (Wildman–Crippen LogP) is -5.21. The number of nitrogens with one attached hydrogen (secondary N) is 3. The van der Waals surface area contributed by atoms with E-state index in [-0.39, 0.29) is 31.8 Å². The van der Waals surface area contributed by atoms with Crippen LogP contribution in [0.3, 0.4) is 0 Å². The number of carbonyl (C=O) groups is 6. The first-order valence-corrected chi connectivity index (χ1v) is 11.5. The molecule has 5 amide bonds. The molecule has 0 saturated heterocycles. The van der Waals surface area contributed by atoms with E-state index in [9.17, 15) is 33.9 Å². The molecule has 4 unspecified atom stereocenters.